The molecule has 4 atom stereocenters. The van der Waals surface area contributed by atoms with Gasteiger partial charge in [-0.25, -0.2) is 21.6 Å². The number of pyridine rings is 1. The van der Waals surface area contributed by atoms with Crippen LogP contribution < -0.4 is 19.7 Å². The van der Waals surface area contributed by atoms with Gasteiger partial charge in [-0.05, 0) is 50.8 Å². The summed E-state index contributed by atoms with van der Waals surface area (Å²) in [5, 5.41) is 2.78. The molecule has 4 aliphatic heterocycles. The lowest BCUT2D eigenvalue weighted by Crippen LogP contribution is -2.51. The zero-order chi connectivity index (χ0) is 34.7. The second-order valence-electron chi connectivity index (χ2n) is 14.2. The number of hydrogen-bond donors (Lipinski definition) is 2. The summed E-state index contributed by atoms with van der Waals surface area (Å²) >= 11 is 6.03. The molecule has 1 spiro atoms. The maximum Gasteiger partial charge on any atom is 0.418 e. The average molecular weight is 732 g/mol. The van der Waals surface area contributed by atoms with Crippen molar-refractivity contribution < 1.29 is 39.5 Å². The molecule has 4 saturated heterocycles. The fraction of sp³-hybridized carbons (Fsp3) is 0.581. The highest BCUT2D eigenvalue weighted by Gasteiger charge is 2.77. The van der Waals surface area contributed by atoms with Crippen LogP contribution in [0, 0.1) is 11.2 Å². The van der Waals surface area contributed by atoms with Crippen molar-refractivity contribution in [2.45, 2.75) is 68.2 Å². The summed E-state index contributed by atoms with van der Waals surface area (Å²) < 4.78 is 121. The topological polar surface area (TPSA) is 113 Å². The number of aromatic nitrogens is 3. The van der Waals surface area contributed by atoms with Crippen LogP contribution in [0.15, 0.2) is 18.3 Å². The number of fused-ring (bicyclic) bond motifs is 4. The Morgan fingerprint density at radius 2 is 1.86 bits per heavy atom. The summed E-state index contributed by atoms with van der Waals surface area (Å²) in [6.07, 6.45) is 0.292. The SMILES string of the molecule is CS(=O)(=O)Nc1cc(Cl)c(C(F)(F)F)c(-c2ncc3c(N4C[C@H]5CC[C@@H](C4)N5)nc(OC[C@@]45CCCN4C[C@@]4(CC4(F)F)C5)nc3c2F)c1. The first-order valence-corrected chi connectivity index (χ1v) is 18.2. The first kappa shape index (κ1) is 33.0. The van der Waals surface area contributed by atoms with Crippen molar-refractivity contribution in [2.24, 2.45) is 5.41 Å². The number of halogens is 7. The zero-order valence-corrected chi connectivity index (χ0v) is 27.8. The lowest BCUT2D eigenvalue weighted by atomic mass is 9.89. The third kappa shape index (κ3) is 5.64. The Morgan fingerprint density at radius 1 is 1.14 bits per heavy atom. The van der Waals surface area contributed by atoms with Crippen molar-refractivity contribution in [3.05, 3.63) is 34.7 Å². The summed E-state index contributed by atoms with van der Waals surface area (Å²) in [5.41, 5.74) is -5.40. The third-order valence-electron chi connectivity index (χ3n) is 10.7. The minimum Gasteiger partial charge on any atom is -0.461 e. The Hall–Kier alpha value is -3.15. The van der Waals surface area contributed by atoms with Gasteiger partial charge in [0.1, 0.15) is 23.6 Å². The Kier molecular flexibility index (Phi) is 7.36. The summed E-state index contributed by atoms with van der Waals surface area (Å²) in [6.45, 7) is 1.93. The van der Waals surface area contributed by atoms with Gasteiger partial charge in [-0.1, -0.05) is 11.6 Å². The van der Waals surface area contributed by atoms with Gasteiger partial charge in [0.15, 0.2) is 5.82 Å². The van der Waals surface area contributed by atoms with Crippen LogP contribution in [0.4, 0.5) is 37.8 Å². The second-order valence-corrected chi connectivity index (χ2v) is 16.3. The summed E-state index contributed by atoms with van der Waals surface area (Å²) in [4.78, 5) is 17.1. The van der Waals surface area contributed by atoms with Crippen LogP contribution in [-0.4, -0.2) is 90.9 Å². The average Bonchev–Trinajstić information content (AvgIpc) is 3.32. The number of piperazine rings is 1. The summed E-state index contributed by atoms with van der Waals surface area (Å²) in [5.74, 6) is -3.67. The largest absolute Gasteiger partial charge is 0.461 e. The molecule has 2 aromatic heterocycles. The molecule has 1 aliphatic carbocycles. The van der Waals surface area contributed by atoms with Gasteiger partial charge >= 0.3 is 12.2 Å². The fourth-order valence-electron chi connectivity index (χ4n) is 8.49. The molecule has 264 valence electrons. The Balaban J connectivity index is 1.23. The van der Waals surface area contributed by atoms with E-state index >= 15 is 4.39 Å². The second kappa shape index (κ2) is 10.9. The molecule has 10 nitrogen and oxygen atoms in total. The van der Waals surface area contributed by atoms with E-state index in [0.717, 1.165) is 37.7 Å². The Labute approximate surface area is 282 Å². The quantitative estimate of drug-likeness (QED) is 0.306. The Bertz CT molecular complexity index is 1980. The normalized spacial score (nSPS) is 29.2. The number of anilines is 2. The van der Waals surface area contributed by atoms with Gasteiger partial charge in [-0.2, -0.15) is 23.1 Å². The summed E-state index contributed by atoms with van der Waals surface area (Å²) in [6, 6.07) is 1.66. The van der Waals surface area contributed by atoms with E-state index < -0.39 is 60.7 Å². The number of nitrogens with one attached hydrogen (secondary N) is 2. The fourth-order valence-corrected chi connectivity index (χ4v) is 9.36. The smallest absolute Gasteiger partial charge is 0.418 e. The molecule has 49 heavy (non-hydrogen) atoms. The molecule has 5 aliphatic rings. The third-order valence-corrected chi connectivity index (χ3v) is 11.6. The lowest BCUT2D eigenvalue weighted by molar-refractivity contribution is -0.137. The highest BCUT2D eigenvalue weighted by atomic mass is 35.5. The van der Waals surface area contributed by atoms with E-state index in [1.807, 2.05) is 9.80 Å². The van der Waals surface area contributed by atoms with Crippen LogP contribution in [0.3, 0.4) is 0 Å². The minimum atomic E-state index is -5.06. The van der Waals surface area contributed by atoms with Crippen molar-refractivity contribution in [2.75, 3.05) is 48.7 Å². The van der Waals surface area contributed by atoms with Crippen molar-refractivity contribution in [3.63, 3.8) is 0 Å². The van der Waals surface area contributed by atoms with Crippen molar-refractivity contribution in [1.82, 2.24) is 25.2 Å². The van der Waals surface area contributed by atoms with E-state index in [9.17, 15) is 30.4 Å². The van der Waals surface area contributed by atoms with E-state index in [1.54, 1.807) is 0 Å². The molecule has 3 aromatic rings. The number of alkyl halides is 5. The zero-order valence-electron chi connectivity index (χ0n) is 26.2. The lowest BCUT2D eigenvalue weighted by Gasteiger charge is -2.34. The van der Waals surface area contributed by atoms with Crippen molar-refractivity contribution in [3.8, 4) is 17.3 Å². The van der Waals surface area contributed by atoms with Gasteiger partial charge in [0.05, 0.1) is 38.9 Å². The van der Waals surface area contributed by atoms with Crippen molar-refractivity contribution >= 4 is 44.0 Å². The standard InChI is InChI=1S/C31H32ClF6N7O3S/c1-49(46,47)43-18-7-19(22(21(32)8-18)31(36,37)38)24-23(33)25-20(9-39-24)26(44-10-16-3-4-17(11-44)40-16)42-27(41-25)48-15-29-5-2-6-45(29)14-28(12-29)13-30(28,34)35/h7-9,16-17,40,43H,2-6,10-15H2,1H3/t16-,17+,28-,29-/m0/s1. The van der Waals surface area contributed by atoms with Gasteiger partial charge in [-0.3, -0.25) is 14.6 Å². The summed E-state index contributed by atoms with van der Waals surface area (Å²) in [7, 11) is -3.94. The van der Waals surface area contributed by atoms with E-state index in [2.05, 4.69) is 25.0 Å². The van der Waals surface area contributed by atoms with Crippen LogP contribution in [0.2, 0.25) is 5.02 Å². The van der Waals surface area contributed by atoms with Gasteiger partial charge in [-0.15, -0.1) is 0 Å². The molecule has 2 bridgehead atoms. The van der Waals surface area contributed by atoms with E-state index in [1.165, 1.54) is 6.20 Å². The maximum absolute atomic E-state index is 16.7. The number of rotatable bonds is 7. The number of ether oxygens (including phenoxy) is 1. The number of benzene rings is 1. The minimum absolute atomic E-state index is 0.0187. The predicted octanol–water partition coefficient (Wildman–Crippen LogP) is 5.46. The van der Waals surface area contributed by atoms with E-state index in [0.29, 0.717) is 26.1 Å². The first-order chi connectivity index (χ1) is 23.0. The molecule has 18 heteroatoms. The van der Waals surface area contributed by atoms with Gasteiger partial charge in [0, 0.05) is 49.9 Å². The van der Waals surface area contributed by atoms with E-state index in [-0.39, 0.29) is 66.5 Å². The van der Waals surface area contributed by atoms with E-state index in [4.69, 9.17) is 16.3 Å². The highest BCUT2D eigenvalue weighted by Crippen LogP contribution is 2.69. The van der Waals surface area contributed by atoms with Gasteiger partial charge in [0.25, 0.3) is 5.92 Å². The molecule has 2 N–H and O–H groups in total. The van der Waals surface area contributed by atoms with Crippen LogP contribution in [-0.2, 0) is 16.2 Å². The van der Waals surface area contributed by atoms with Crippen LogP contribution >= 0.6 is 11.6 Å². The van der Waals surface area contributed by atoms with Crippen LogP contribution in [0.5, 0.6) is 6.01 Å². The molecule has 1 aromatic carbocycles. The molecular weight excluding hydrogens is 700 g/mol. The molecular formula is C31H32ClF6N7O3S. The Morgan fingerprint density at radius 3 is 2.51 bits per heavy atom. The molecule has 5 fully saturated rings. The molecule has 6 heterocycles. The molecule has 0 radical (unpaired) electrons. The molecule has 1 saturated carbocycles. The van der Waals surface area contributed by atoms with Crippen molar-refractivity contribution in [1.29, 1.82) is 0 Å². The van der Waals surface area contributed by atoms with Crippen LogP contribution in [0.25, 0.3) is 22.2 Å². The van der Waals surface area contributed by atoms with Gasteiger partial charge in [0.2, 0.25) is 10.0 Å². The van der Waals surface area contributed by atoms with Crippen LogP contribution in [0.1, 0.15) is 44.1 Å². The molecule has 0 amide bonds. The molecule has 0 unspecified atom stereocenters. The number of sulfonamides is 1. The number of nitrogens with zero attached hydrogens (tertiary/aromatic N) is 5. The maximum atomic E-state index is 16.7. The van der Waals surface area contributed by atoms with Gasteiger partial charge < -0.3 is 15.0 Å². The number of hydrogen-bond acceptors (Lipinski definition) is 9. The molecule has 8 rings (SSSR count). The first-order valence-electron chi connectivity index (χ1n) is 16.0. The monoisotopic (exact) mass is 731 g/mol. The predicted molar refractivity (Wildman–Crippen MR) is 169 cm³/mol. The highest BCUT2D eigenvalue weighted by molar-refractivity contribution is 7.92.